The number of nitriles is 1. The van der Waals surface area contributed by atoms with Crippen LogP contribution in [-0.2, 0) is 9.59 Å². The number of carbonyl (C=O) groups is 2. The number of benzene rings is 2. The quantitative estimate of drug-likeness (QED) is 0.265. The van der Waals surface area contributed by atoms with Crippen molar-refractivity contribution in [3.63, 3.8) is 0 Å². The summed E-state index contributed by atoms with van der Waals surface area (Å²) in [5, 5.41) is 11.1. The Morgan fingerprint density at radius 1 is 1.19 bits per heavy atom. The molecule has 8 heteroatoms. The van der Waals surface area contributed by atoms with Crippen molar-refractivity contribution in [3.05, 3.63) is 59.1 Å². The number of imide groups is 1. The van der Waals surface area contributed by atoms with Crippen LogP contribution in [0.2, 0.25) is 0 Å². The number of hydrogen-bond acceptors (Lipinski definition) is 5. The highest BCUT2D eigenvalue weighted by Crippen LogP contribution is 2.31. The van der Waals surface area contributed by atoms with Gasteiger partial charge in [0.25, 0.3) is 0 Å². The van der Waals surface area contributed by atoms with Gasteiger partial charge >= 0.3 is 0 Å². The van der Waals surface area contributed by atoms with Crippen molar-refractivity contribution in [2.75, 3.05) is 4.90 Å². The lowest BCUT2D eigenvalue weighted by atomic mass is 10.3. The molecule has 130 valence electrons. The molecule has 1 saturated heterocycles. The Hall–Kier alpha value is -2.63. The summed E-state index contributed by atoms with van der Waals surface area (Å²) in [6, 6.07) is 16.0. The summed E-state index contributed by atoms with van der Waals surface area (Å²) < 4.78 is 0.863. The lowest BCUT2D eigenvalue weighted by Crippen LogP contribution is -2.32. The average Bonchev–Trinajstić information content (AvgIpc) is 2.91. The first-order valence-corrected chi connectivity index (χ1v) is 9.33. The van der Waals surface area contributed by atoms with Crippen LogP contribution in [0.4, 0.5) is 11.4 Å². The predicted molar refractivity (Wildman–Crippen MR) is 105 cm³/mol. The van der Waals surface area contributed by atoms with Gasteiger partial charge in [0.05, 0.1) is 11.4 Å². The molecule has 0 radical (unpaired) electrons. The first kappa shape index (κ1) is 18.2. The molecule has 2 amide bonds. The minimum atomic E-state index is -0.630. The highest BCUT2D eigenvalue weighted by atomic mass is 79.9. The van der Waals surface area contributed by atoms with Gasteiger partial charge in [0.15, 0.2) is 11.4 Å². The van der Waals surface area contributed by atoms with E-state index in [0.29, 0.717) is 11.4 Å². The number of para-hydroxylation sites is 1. The molecule has 26 heavy (non-hydrogen) atoms. The van der Waals surface area contributed by atoms with Crippen LogP contribution < -0.4 is 10.2 Å². The molecule has 0 aromatic heterocycles. The monoisotopic (exact) mass is 428 g/mol. The smallest absolute Gasteiger partial charge is 0.247 e. The summed E-state index contributed by atoms with van der Waals surface area (Å²) >= 11 is 4.41. The maximum Gasteiger partial charge on any atom is 0.247 e. The van der Waals surface area contributed by atoms with Crippen molar-refractivity contribution >= 4 is 56.0 Å². The van der Waals surface area contributed by atoms with Crippen LogP contribution in [-0.4, -0.2) is 22.2 Å². The normalized spacial score (nSPS) is 17.3. The van der Waals surface area contributed by atoms with Crippen LogP contribution >= 0.6 is 27.7 Å². The van der Waals surface area contributed by atoms with Crippen LogP contribution in [0.5, 0.6) is 0 Å². The third-order valence-electron chi connectivity index (χ3n) is 3.59. The van der Waals surface area contributed by atoms with E-state index in [9.17, 15) is 9.59 Å². The maximum atomic E-state index is 12.7. The molecule has 1 aliphatic rings. The molecule has 2 aromatic rings. The molecule has 1 aliphatic heterocycles. The van der Waals surface area contributed by atoms with E-state index in [0.717, 1.165) is 16.2 Å². The third-order valence-corrected chi connectivity index (χ3v) is 5.19. The first-order chi connectivity index (χ1) is 12.6. The predicted octanol–water partition coefficient (Wildman–Crippen LogP) is 3.57. The minimum Gasteiger partial charge on any atom is -0.274 e. The van der Waals surface area contributed by atoms with Crippen LogP contribution in [0.15, 0.2) is 64.1 Å². The molecule has 1 fully saturated rings. The molecule has 6 nitrogen and oxygen atoms in total. The summed E-state index contributed by atoms with van der Waals surface area (Å²) in [4.78, 5) is 30.5. The summed E-state index contributed by atoms with van der Waals surface area (Å²) in [5.74, 6) is -0.589. The molecule has 0 unspecified atom stereocenters. The second-order valence-electron chi connectivity index (χ2n) is 5.34. The van der Waals surface area contributed by atoms with Gasteiger partial charge in [-0.25, -0.2) is 9.89 Å². The van der Waals surface area contributed by atoms with Crippen molar-refractivity contribution in [2.45, 2.75) is 11.7 Å². The number of halogens is 1. The number of aliphatic imine (C=N–C) groups is 1. The topological polar surface area (TPSA) is 85.6 Å². The molecule has 0 aliphatic carbocycles. The highest BCUT2D eigenvalue weighted by molar-refractivity contribution is 9.10. The highest BCUT2D eigenvalue weighted by Gasteiger charge is 2.40. The van der Waals surface area contributed by atoms with Gasteiger partial charge in [0.1, 0.15) is 5.25 Å². The van der Waals surface area contributed by atoms with Crippen LogP contribution in [0.25, 0.3) is 0 Å². The van der Waals surface area contributed by atoms with E-state index in [-0.39, 0.29) is 23.4 Å². The summed E-state index contributed by atoms with van der Waals surface area (Å²) in [7, 11) is 0. The van der Waals surface area contributed by atoms with Gasteiger partial charge in [-0.05, 0) is 36.4 Å². The van der Waals surface area contributed by atoms with Crippen LogP contribution in [0.3, 0.4) is 0 Å². The summed E-state index contributed by atoms with van der Waals surface area (Å²) in [6.07, 6.45) is 1.88. The zero-order valence-electron chi connectivity index (χ0n) is 13.4. The Morgan fingerprint density at radius 2 is 1.88 bits per heavy atom. The first-order valence-electron chi connectivity index (χ1n) is 7.66. The van der Waals surface area contributed by atoms with E-state index in [2.05, 4.69) is 26.2 Å². The van der Waals surface area contributed by atoms with E-state index in [1.807, 2.05) is 24.4 Å². The number of amidine groups is 1. The van der Waals surface area contributed by atoms with E-state index >= 15 is 0 Å². The Morgan fingerprint density at radius 3 is 2.54 bits per heavy atom. The largest absolute Gasteiger partial charge is 0.274 e. The Labute approximate surface area is 163 Å². The van der Waals surface area contributed by atoms with E-state index < -0.39 is 5.25 Å². The van der Waals surface area contributed by atoms with E-state index in [1.54, 1.807) is 36.4 Å². The molecular formula is C18H13BrN4O2S. The number of carbonyl (C=O) groups excluding carboxylic acids is 2. The van der Waals surface area contributed by atoms with E-state index in [1.165, 1.54) is 4.90 Å². The van der Waals surface area contributed by atoms with Gasteiger partial charge in [-0.1, -0.05) is 45.9 Å². The van der Waals surface area contributed by atoms with E-state index in [4.69, 9.17) is 5.26 Å². The molecule has 3 rings (SSSR count). The molecule has 1 heterocycles. The SMILES string of the molecule is N#CNC(=Nc1ccccc1)S[C@@H]1CC(=O)N(c2ccc(Br)cc2)C1=O. The second kappa shape index (κ2) is 8.17. The summed E-state index contributed by atoms with van der Waals surface area (Å²) in [5.41, 5.74) is 1.18. The molecule has 0 bridgehead atoms. The Bertz CT molecular complexity index is 894. The number of amides is 2. The van der Waals surface area contributed by atoms with Crippen molar-refractivity contribution in [2.24, 2.45) is 4.99 Å². The maximum absolute atomic E-state index is 12.7. The fourth-order valence-electron chi connectivity index (χ4n) is 2.44. The zero-order valence-corrected chi connectivity index (χ0v) is 15.8. The van der Waals surface area contributed by atoms with Crippen molar-refractivity contribution in [1.82, 2.24) is 5.32 Å². The molecule has 2 aromatic carbocycles. The number of nitrogens with zero attached hydrogens (tertiary/aromatic N) is 3. The standard InChI is InChI=1S/C18H13BrN4O2S/c19-12-6-8-14(9-7-12)23-16(24)10-15(17(23)25)26-18(21-11-20)22-13-4-2-1-3-5-13/h1-9,15H,10H2,(H,21,22)/t15-/m1/s1. The number of thioether (sulfide) groups is 1. The zero-order chi connectivity index (χ0) is 18.5. The number of anilines is 1. The molecular weight excluding hydrogens is 416 g/mol. The van der Waals surface area contributed by atoms with Crippen molar-refractivity contribution in [3.8, 4) is 6.19 Å². The average molecular weight is 429 g/mol. The Balaban J connectivity index is 1.80. The second-order valence-corrected chi connectivity index (χ2v) is 7.45. The van der Waals surface area contributed by atoms with Gasteiger partial charge in [0, 0.05) is 10.9 Å². The Kier molecular flexibility index (Phi) is 5.71. The van der Waals surface area contributed by atoms with Crippen LogP contribution in [0, 0.1) is 11.5 Å². The van der Waals surface area contributed by atoms with Gasteiger partial charge in [0.2, 0.25) is 11.8 Å². The number of rotatable bonds is 3. The lowest BCUT2D eigenvalue weighted by Gasteiger charge is -2.15. The van der Waals surface area contributed by atoms with Gasteiger partial charge in [-0.15, -0.1) is 0 Å². The minimum absolute atomic E-state index is 0.0560. The molecule has 1 atom stereocenters. The van der Waals surface area contributed by atoms with Gasteiger partial charge in [-0.2, -0.15) is 5.26 Å². The molecule has 1 N–H and O–H groups in total. The number of hydrogen-bond donors (Lipinski definition) is 1. The number of nitrogens with one attached hydrogen (secondary N) is 1. The van der Waals surface area contributed by atoms with Gasteiger partial charge < -0.3 is 0 Å². The van der Waals surface area contributed by atoms with Gasteiger partial charge in [-0.3, -0.25) is 14.9 Å². The van der Waals surface area contributed by atoms with Crippen molar-refractivity contribution in [1.29, 1.82) is 5.26 Å². The fraction of sp³-hybridized carbons (Fsp3) is 0.111. The molecule has 0 saturated carbocycles. The summed E-state index contributed by atoms with van der Waals surface area (Å²) in [6.45, 7) is 0. The molecule has 0 spiro atoms. The lowest BCUT2D eigenvalue weighted by molar-refractivity contribution is -0.121. The fourth-order valence-corrected chi connectivity index (χ4v) is 3.67. The third kappa shape index (κ3) is 4.12. The van der Waals surface area contributed by atoms with Crippen molar-refractivity contribution < 1.29 is 9.59 Å². The van der Waals surface area contributed by atoms with Crippen LogP contribution in [0.1, 0.15) is 6.42 Å².